The highest BCUT2D eigenvalue weighted by Gasteiger charge is 2.27. The van der Waals surface area contributed by atoms with Crippen LogP contribution in [-0.2, 0) is 0 Å². The highest BCUT2D eigenvalue weighted by Crippen LogP contribution is 2.27. The predicted octanol–water partition coefficient (Wildman–Crippen LogP) is 2.91. The Balaban J connectivity index is 1.63. The molecular formula is C18H25N3O2. The summed E-state index contributed by atoms with van der Waals surface area (Å²) in [6.07, 6.45) is 1.70. The number of benzene rings is 1. The van der Waals surface area contributed by atoms with Crippen molar-refractivity contribution in [3.63, 3.8) is 0 Å². The first-order chi connectivity index (χ1) is 11.0. The molecule has 1 saturated heterocycles. The maximum atomic E-state index is 10.6. The number of β-amino-alcohol motifs (C(OH)–C–C–N with tert-alkyl or cyclic N) is 1. The molecule has 3 rings (SSSR count). The van der Waals surface area contributed by atoms with Crippen LogP contribution in [0.1, 0.15) is 53.3 Å². The summed E-state index contributed by atoms with van der Waals surface area (Å²) in [5.41, 5.74) is 3.47. The lowest BCUT2D eigenvalue weighted by Gasteiger charge is -2.32. The third kappa shape index (κ3) is 3.79. The van der Waals surface area contributed by atoms with Gasteiger partial charge in [-0.2, -0.15) is 4.98 Å². The smallest absolute Gasteiger partial charge is 0.231 e. The van der Waals surface area contributed by atoms with Crippen molar-refractivity contribution in [3.05, 3.63) is 46.6 Å². The predicted molar refractivity (Wildman–Crippen MR) is 88.3 cm³/mol. The van der Waals surface area contributed by atoms with Crippen LogP contribution in [0.3, 0.4) is 0 Å². The summed E-state index contributed by atoms with van der Waals surface area (Å²) in [5.74, 6) is 1.69. The van der Waals surface area contributed by atoms with Gasteiger partial charge in [-0.05, 0) is 56.8 Å². The van der Waals surface area contributed by atoms with E-state index in [0.29, 0.717) is 12.4 Å². The van der Waals surface area contributed by atoms with Crippen LogP contribution in [0.15, 0.2) is 22.7 Å². The highest BCUT2D eigenvalue weighted by molar-refractivity contribution is 5.31. The molecule has 124 valence electrons. The van der Waals surface area contributed by atoms with E-state index in [2.05, 4.69) is 41.0 Å². The maximum absolute atomic E-state index is 10.6. The van der Waals surface area contributed by atoms with E-state index in [1.54, 1.807) is 0 Å². The fraction of sp³-hybridized carbons (Fsp3) is 0.556. The Bertz CT molecular complexity index is 668. The molecule has 1 N–H and O–H groups in total. The molecule has 5 heteroatoms. The van der Waals surface area contributed by atoms with Gasteiger partial charge in [-0.3, -0.25) is 4.90 Å². The molecule has 0 aliphatic carbocycles. The van der Waals surface area contributed by atoms with E-state index in [0.717, 1.165) is 37.4 Å². The Morgan fingerprint density at radius 3 is 2.83 bits per heavy atom. The van der Waals surface area contributed by atoms with E-state index in [1.165, 1.54) is 11.1 Å². The third-order valence-electron chi connectivity index (χ3n) is 4.74. The number of piperidine rings is 1. The molecule has 0 bridgehead atoms. The van der Waals surface area contributed by atoms with Gasteiger partial charge in [-0.25, -0.2) is 0 Å². The van der Waals surface area contributed by atoms with E-state index in [4.69, 9.17) is 4.52 Å². The summed E-state index contributed by atoms with van der Waals surface area (Å²) < 4.78 is 5.32. The van der Waals surface area contributed by atoms with Crippen molar-refractivity contribution in [2.75, 3.05) is 19.6 Å². The fourth-order valence-electron chi connectivity index (χ4n) is 3.22. The van der Waals surface area contributed by atoms with Gasteiger partial charge in [0.15, 0.2) is 5.82 Å². The fourth-order valence-corrected chi connectivity index (χ4v) is 3.22. The number of aromatic nitrogens is 2. The molecule has 1 aromatic heterocycles. The third-order valence-corrected chi connectivity index (χ3v) is 4.74. The van der Waals surface area contributed by atoms with Gasteiger partial charge in [0.2, 0.25) is 5.89 Å². The van der Waals surface area contributed by atoms with E-state index < -0.39 is 6.10 Å². The van der Waals surface area contributed by atoms with Crippen LogP contribution in [0, 0.1) is 20.8 Å². The molecule has 1 aliphatic rings. The second-order valence-corrected chi connectivity index (χ2v) is 6.64. The molecule has 23 heavy (non-hydrogen) atoms. The summed E-state index contributed by atoms with van der Waals surface area (Å²) >= 11 is 0. The number of aryl methyl sites for hydroxylation is 3. The Hall–Kier alpha value is -1.72. The molecule has 1 fully saturated rings. The minimum Gasteiger partial charge on any atom is -0.387 e. The molecule has 0 radical (unpaired) electrons. The van der Waals surface area contributed by atoms with Gasteiger partial charge in [-0.15, -0.1) is 0 Å². The molecule has 0 saturated carbocycles. The van der Waals surface area contributed by atoms with Gasteiger partial charge in [0, 0.05) is 13.1 Å². The minimum absolute atomic E-state index is 0.275. The van der Waals surface area contributed by atoms with Crippen LogP contribution in [0.5, 0.6) is 0 Å². The molecule has 1 aliphatic heterocycles. The number of likely N-dealkylation sites (tertiary alicyclic amines) is 1. The number of hydrogen-bond acceptors (Lipinski definition) is 5. The molecule has 2 aromatic rings. The molecule has 0 unspecified atom stereocenters. The Labute approximate surface area is 137 Å². The average Bonchev–Trinajstić information content (AvgIpc) is 2.97. The highest BCUT2D eigenvalue weighted by atomic mass is 16.5. The second kappa shape index (κ2) is 6.81. The molecule has 1 aromatic carbocycles. The largest absolute Gasteiger partial charge is 0.387 e. The van der Waals surface area contributed by atoms with Crippen molar-refractivity contribution in [3.8, 4) is 0 Å². The van der Waals surface area contributed by atoms with Crippen molar-refractivity contribution in [1.82, 2.24) is 15.0 Å². The van der Waals surface area contributed by atoms with Gasteiger partial charge in [0.05, 0.1) is 12.0 Å². The first-order valence-electron chi connectivity index (χ1n) is 8.30. The monoisotopic (exact) mass is 315 g/mol. The Kier molecular flexibility index (Phi) is 4.78. The summed E-state index contributed by atoms with van der Waals surface area (Å²) in [7, 11) is 0. The van der Waals surface area contributed by atoms with Gasteiger partial charge >= 0.3 is 0 Å². The SMILES string of the molecule is Cc1noc([C@H]2CCCN(C[C@H](O)c3ccc(C)c(C)c3)C2)n1. The molecule has 0 spiro atoms. The zero-order chi connectivity index (χ0) is 16.4. The zero-order valence-electron chi connectivity index (χ0n) is 14.1. The quantitative estimate of drug-likeness (QED) is 0.940. The summed E-state index contributed by atoms with van der Waals surface area (Å²) in [6.45, 7) is 8.53. The van der Waals surface area contributed by atoms with Crippen molar-refractivity contribution < 1.29 is 9.63 Å². The lowest BCUT2D eigenvalue weighted by molar-refractivity contribution is 0.0910. The molecule has 5 nitrogen and oxygen atoms in total. The molecule has 2 atom stereocenters. The minimum atomic E-state index is -0.461. The molecular weight excluding hydrogens is 290 g/mol. The van der Waals surface area contributed by atoms with E-state index in [-0.39, 0.29) is 5.92 Å². The van der Waals surface area contributed by atoms with Crippen molar-refractivity contribution in [2.24, 2.45) is 0 Å². The van der Waals surface area contributed by atoms with Crippen LogP contribution in [-0.4, -0.2) is 39.8 Å². The standard InChI is InChI=1S/C18H25N3O2/c1-12-6-7-15(9-13(12)2)17(22)11-21-8-4-5-16(10-21)18-19-14(3)20-23-18/h6-7,9,16-17,22H,4-5,8,10-11H2,1-3H3/t16-,17-/m0/s1. The second-order valence-electron chi connectivity index (χ2n) is 6.64. The summed E-state index contributed by atoms with van der Waals surface area (Å²) in [5, 5.41) is 14.4. The van der Waals surface area contributed by atoms with Crippen molar-refractivity contribution >= 4 is 0 Å². The average molecular weight is 315 g/mol. The van der Waals surface area contributed by atoms with Gasteiger partial charge in [-0.1, -0.05) is 23.4 Å². The van der Waals surface area contributed by atoms with Crippen LogP contribution >= 0.6 is 0 Å². The number of hydrogen-bond donors (Lipinski definition) is 1. The normalized spacial score (nSPS) is 20.6. The van der Waals surface area contributed by atoms with E-state index >= 15 is 0 Å². The maximum Gasteiger partial charge on any atom is 0.231 e. The zero-order valence-corrected chi connectivity index (χ0v) is 14.1. The number of nitrogens with zero attached hydrogens (tertiary/aromatic N) is 3. The van der Waals surface area contributed by atoms with Crippen molar-refractivity contribution in [1.29, 1.82) is 0 Å². The van der Waals surface area contributed by atoms with E-state index in [9.17, 15) is 5.11 Å². The molecule has 2 heterocycles. The molecule has 0 amide bonds. The summed E-state index contributed by atoms with van der Waals surface area (Å²) in [4.78, 5) is 6.66. The number of rotatable bonds is 4. The lowest BCUT2D eigenvalue weighted by atomic mass is 9.96. The number of aliphatic hydroxyl groups is 1. The Morgan fingerprint density at radius 1 is 1.30 bits per heavy atom. The number of aliphatic hydroxyl groups excluding tert-OH is 1. The summed E-state index contributed by atoms with van der Waals surface area (Å²) in [6, 6.07) is 6.19. The van der Waals surface area contributed by atoms with Crippen LogP contribution in [0.4, 0.5) is 0 Å². The lowest BCUT2D eigenvalue weighted by Crippen LogP contribution is -2.37. The van der Waals surface area contributed by atoms with Crippen LogP contribution in [0.2, 0.25) is 0 Å². The Morgan fingerprint density at radius 2 is 2.13 bits per heavy atom. The van der Waals surface area contributed by atoms with Crippen LogP contribution in [0.25, 0.3) is 0 Å². The van der Waals surface area contributed by atoms with E-state index in [1.807, 2.05) is 13.0 Å². The van der Waals surface area contributed by atoms with Crippen molar-refractivity contribution in [2.45, 2.75) is 45.6 Å². The van der Waals surface area contributed by atoms with Gasteiger partial charge in [0.1, 0.15) is 0 Å². The first-order valence-corrected chi connectivity index (χ1v) is 8.30. The van der Waals surface area contributed by atoms with Gasteiger partial charge in [0.25, 0.3) is 0 Å². The van der Waals surface area contributed by atoms with Crippen LogP contribution < -0.4 is 0 Å². The van der Waals surface area contributed by atoms with Gasteiger partial charge < -0.3 is 9.63 Å². The first kappa shape index (κ1) is 16.1. The topological polar surface area (TPSA) is 62.4 Å².